The molecule has 1 amide bonds. The smallest absolute Gasteiger partial charge is 0.228 e. The molecule has 0 atom stereocenters. The first-order valence-electron chi connectivity index (χ1n) is 6.82. The lowest BCUT2D eigenvalue weighted by Gasteiger charge is -2.05. The molecule has 0 unspecified atom stereocenters. The molecule has 1 aromatic heterocycles. The number of nitrogens with zero attached hydrogens (tertiary/aromatic N) is 1. The summed E-state index contributed by atoms with van der Waals surface area (Å²) in [4.78, 5) is 14.9. The molecule has 0 spiro atoms. The van der Waals surface area contributed by atoms with E-state index >= 15 is 0 Å². The molecule has 3 aromatic rings. The molecular formula is C17H11F2N3O. The van der Waals surface area contributed by atoms with Gasteiger partial charge in [0, 0.05) is 17.6 Å². The van der Waals surface area contributed by atoms with Crippen molar-refractivity contribution in [1.29, 1.82) is 5.26 Å². The number of benzene rings is 2. The largest absolute Gasteiger partial charge is 0.359 e. The predicted octanol–water partition coefficient (Wildman–Crippen LogP) is 3.50. The Balaban J connectivity index is 1.80. The molecule has 3 rings (SSSR count). The Kier molecular flexibility index (Phi) is 3.77. The Bertz CT molecular complexity index is 941. The Labute approximate surface area is 130 Å². The first-order valence-corrected chi connectivity index (χ1v) is 6.82. The average molecular weight is 311 g/mol. The summed E-state index contributed by atoms with van der Waals surface area (Å²) in [6, 6.07) is 10.8. The molecule has 114 valence electrons. The van der Waals surface area contributed by atoms with E-state index in [1.165, 1.54) is 6.20 Å². The Hall–Kier alpha value is -3.20. The zero-order valence-corrected chi connectivity index (χ0v) is 11.9. The predicted molar refractivity (Wildman–Crippen MR) is 81.7 cm³/mol. The molecular weight excluding hydrogens is 300 g/mol. The van der Waals surface area contributed by atoms with E-state index in [0.29, 0.717) is 27.7 Å². The van der Waals surface area contributed by atoms with E-state index in [9.17, 15) is 13.6 Å². The number of rotatable bonds is 3. The van der Waals surface area contributed by atoms with Gasteiger partial charge in [-0.25, -0.2) is 8.78 Å². The minimum Gasteiger partial charge on any atom is -0.359 e. The molecule has 0 radical (unpaired) electrons. The molecule has 4 nitrogen and oxygen atoms in total. The van der Waals surface area contributed by atoms with Gasteiger partial charge in [0.2, 0.25) is 5.91 Å². The van der Waals surface area contributed by atoms with E-state index in [-0.39, 0.29) is 12.3 Å². The summed E-state index contributed by atoms with van der Waals surface area (Å²) >= 11 is 0. The summed E-state index contributed by atoms with van der Waals surface area (Å²) in [5.41, 5.74) is 1.93. The van der Waals surface area contributed by atoms with Gasteiger partial charge in [-0.3, -0.25) is 4.79 Å². The van der Waals surface area contributed by atoms with Crippen molar-refractivity contribution >= 4 is 22.5 Å². The number of halogens is 2. The van der Waals surface area contributed by atoms with Gasteiger partial charge in [0.05, 0.1) is 29.3 Å². The zero-order valence-electron chi connectivity index (χ0n) is 11.9. The summed E-state index contributed by atoms with van der Waals surface area (Å²) in [5.74, 6) is -2.24. The number of nitrogens with one attached hydrogen (secondary N) is 2. The zero-order chi connectivity index (χ0) is 16.4. The van der Waals surface area contributed by atoms with Gasteiger partial charge in [0.15, 0.2) is 11.6 Å². The van der Waals surface area contributed by atoms with Crippen LogP contribution in [-0.4, -0.2) is 10.9 Å². The van der Waals surface area contributed by atoms with Crippen LogP contribution in [0.5, 0.6) is 0 Å². The van der Waals surface area contributed by atoms with Crippen LogP contribution in [-0.2, 0) is 11.2 Å². The maximum Gasteiger partial charge on any atom is 0.228 e. The van der Waals surface area contributed by atoms with E-state index in [0.717, 1.165) is 12.1 Å². The highest BCUT2D eigenvalue weighted by Gasteiger charge is 2.12. The molecule has 0 bridgehead atoms. The van der Waals surface area contributed by atoms with Crippen LogP contribution in [0.4, 0.5) is 14.5 Å². The third kappa shape index (κ3) is 3.04. The quantitative estimate of drug-likeness (QED) is 0.777. The first-order chi connectivity index (χ1) is 11.1. The molecule has 0 saturated carbocycles. The minimum atomic E-state index is -0.977. The fourth-order valence-corrected chi connectivity index (χ4v) is 2.35. The van der Waals surface area contributed by atoms with Gasteiger partial charge in [0.25, 0.3) is 0 Å². The lowest BCUT2D eigenvalue weighted by atomic mass is 10.1. The summed E-state index contributed by atoms with van der Waals surface area (Å²) < 4.78 is 26.5. The van der Waals surface area contributed by atoms with E-state index in [4.69, 9.17) is 5.26 Å². The van der Waals surface area contributed by atoms with Crippen molar-refractivity contribution in [3.05, 3.63) is 65.4 Å². The molecule has 0 aliphatic carbocycles. The number of H-pyrrole nitrogens is 1. The fourth-order valence-electron chi connectivity index (χ4n) is 2.35. The van der Waals surface area contributed by atoms with Crippen molar-refractivity contribution in [3.8, 4) is 6.07 Å². The second-order valence-electron chi connectivity index (χ2n) is 5.05. The normalized spacial score (nSPS) is 10.5. The molecule has 2 N–H and O–H groups in total. The third-order valence-corrected chi connectivity index (χ3v) is 3.42. The molecule has 0 aliphatic rings. The second kappa shape index (κ2) is 5.89. The number of amides is 1. The van der Waals surface area contributed by atoms with Gasteiger partial charge in [-0.1, -0.05) is 12.1 Å². The monoisotopic (exact) mass is 311 g/mol. The van der Waals surface area contributed by atoms with Crippen molar-refractivity contribution in [2.45, 2.75) is 6.42 Å². The highest BCUT2D eigenvalue weighted by molar-refractivity contribution is 6.02. The Morgan fingerprint density at radius 1 is 1.22 bits per heavy atom. The number of anilines is 1. The van der Waals surface area contributed by atoms with E-state index in [1.54, 1.807) is 24.3 Å². The van der Waals surface area contributed by atoms with Crippen LogP contribution in [0.1, 0.15) is 11.1 Å². The summed E-state index contributed by atoms with van der Waals surface area (Å²) in [5, 5.41) is 11.9. The lowest BCUT2D eigenvalue weighted by Crippen LogP contribution is -2.14. The van der Waals surface area contributed by atoms with Crippen LogP contribution in [0.15, 0.2) is 42.6 Å². The summed E-state index contributed by atoms with van der Waals surface area (Å²) in [6.07, 6.45) is 1.55. The number of carbonyl (C=O) groups is 1. The minimum absolute atomic E-state index is 0.0753. The second-order valence-corrected chi connectivity index (χ2v) is 5.05. The molecule has 6 heteroatoms. The van der Waals surface area contributed by atoms with Gasteiger partial charge >= 0.3 is 0 Å². The van der Waals surface area contributed by atoms with Gasteiger partial charge in [0.1, 0.15) is 0 Å². The number of aromatic nitrogens is 1. The Morgan fingerprint density at radius 2 is 2.00 bits per heavy atom. The lowest BCUT2D eigenvalue weighted by molar-refractivity contribution is -0.115. The number of carbonyl (C=O) groups excluding carboxylic acids is 1. The Morgan fingerprint density at radius 3 is 2.78 bits per heavy atom. The molecule has 2 aromatic carbocycles. The van der Waals surface area contributed by atoms with Gasteiger partial charge in [-0.2, -0.15) is 5.26 Å². The van der Waals surface area contributed by atoms with Crippen molar-refractivity contribution in [3.63, 3.8) is 0 Å². The first kappa shape index (κ1) is 14.7. The fraction of sp³-hybridized carbons (Fsp3) is 0.0588. The van der Waals surface area contributed by atoms with Crippen molar-refractivity contribution in [2.24, 2.45) is 0 Å². The summed E-state index contributed by atoms with van der Waals surface area (Å²) in [7, 11) is 0. The highest BCUT2D eigenvalue weighted by Crippen LogP contribution is 2.25. The van der Waals surface area contributed by atoms with E-state index < -0.39 is 11.6 Å². The van der Waals surface area contributed by atoms with Crippen LogP contribution in [0.3, 0.4) is 0 Å². The van der Waals surface area contributed by atoms with Crippen LogP contribution in [0, 0.1) is 23.0 Å². The molecule has 23 heavy (non-hydrogen) atoms. The number of hydrogen-bond donors (Lipinski definition) is 2. The topological polar surface area (TPSA) is 68.7 Å². The number of fused-ring (bicyclic) bond motifs is 1. The third-order valence-electron chi connectivity index (χ3n) is 3.42. The molecule has 0 saturated heterocycles. The SMILES string of the molecule is N#Cc1cccc(CC(=O)Nc2c[nH]c3cc(F)c(F)cc23)c1. The standard InChI is InChI=1S/C17H11F2N3O/c18-13-6-12-15(7-14(13)19)21-9-16(12)22-17(23)5-10-2-1-3-11(4-10)8-20/h1-4,6-7,9,21H,5H2,(H,22,23). The number of nitriles is 1. The van der Waals surface area contributed by atoms with E-state index in [2.05, 4.69) is 10.3 Å². The van der Waals surface area contributed by atoms with Crippen LogP contribution >= 0.6 is 0 Å². The van der Waals surface area contributed by atoms with E-state index in [1.807, 2.05) is 6.07 Å². The molecule has 0 fully saturated rings. The van der Waals surface area contributed by atoms with Crippen LogP contribution < -0.4 is 5.32 Å². The van der Waals surface area contributed by atoms with Crippen LogP contribution in [0.2, 0.25) is 0 Å². The van der Waals surface area contributed by atoms with Gasteiger partial charge < -0.3 is 10.3 Å². The maximum atomic E-state index is 13.3. The molecule has 0 aliphatic heterocycles. The average Bonchev–Trinajstić information content (AvgIpc) is 2.90. The highest BCUT2D eigenvalue weighted by atomic mass is 19.2. The summed E-state index contributed by atoms with van der Waals surface area (Å²) in [6.45, 7) is 0. The van der Waals surface area contributed by atoms with Crippen LogP contribution in [0.25, 0.3) is 10.9 Å². The van der Waals surface area contributed by atoms with Crippen molar-refractivity contribution in [1.82, 2.24) is 4.98 Å². The van der Waals surface area contributed by atoms with Gasteiger partial charge in [-0.05, 0) is 23.8 Å². The number of hydrogen-bond acceptors (Lipinski definition) is 2. The molecule has 1 heterocycles. The number of aromatic amines is 1. The van der Waals surface area contributed by atoms with Crippen molar-refractivity contribution in [2.75, 3.05) is 5.32 Å². The van der Waals surface area contributed by atoms with Gasteiger partial charge in [-0.15, -0.1) is 0 Å². The van der Waals surface area contributed by atoms with Crippen molar-refractivity contribution < 1.29 is 13.6 Å². The maximum absolute atomic E-state index is 13.3.